The highest BCUT2D eigenvalue weighted by Gasteiger charge is 2.51. The van der Waals surface area contributed by atoms with Gasteiger partial charge in [0.15, 0.2) is 0 Å². The monoisotopic (exact) mass is 210 g/mol. The van der Waals surface area contributed by atoms with E-state index in [0.717, 1.165) is 19.3 Å². The van der Waals surface area contributed by atoms with Gasteiger partial charge in [-0.1, -0.05) is 19.9 Å². The Kier molecular flexibility index (Phi) is 3.95. The standard InChI is InChI=1S/C13H22O2/c1-5-9-13(12(14)15-6-2)10(3)7-8-11(13)4/h5,10-11H,1,6-9H2,2-4H3/t10-,11-/m1/s1. The maximum absolute atomic E-state index is 12.1. The van der Waals surface area contributed by atoms with Crippen LogP contribution in [0.2, 0.25) is 0 Å². The van der Waals surface area contributed by atoms with Crippen LogP contribution < -0.4 is 0 Å². The molecular weight excluding hydrogens is 188 g/mol. The van der Waals surface area contributed by atoms with Crippen molar-refractivity contribution >= 4 is 5.97 Å². The third kappa shape index (κ3) is 1.95. The Balaban J connectivity index is 2.95. The largest absolute Gasteiger partial charge is 0.466 e. The molecule has 0 radical (unpaired) electrons. The lowest BCUT2D eigenvalue weighted by molar-refractivity contribution is -0.160. The topological polar surface area (TPSA) is 26.3 Å². The summed E-state index contributed by atoms with van der Waals surface area (Å²) in [5.74, 6) is 0.788. The zero-order chi connectivity index (χ0) is 11.5. The summed E-state index contributed by atoms with van der Waals surface area (Å²) < 4.78 is 5.24. The average molecular weight is 210 g/mol. The molecule has 1 fully saturated rings. The highest BCUT2D eigenvalue weighted by atomic mass is 16.5. The predicted molar refractivity (Wildman–Crippen MR) is 61.4 cm³/mol. The molecule has 0 aromatic rings. The van der Waals surface area contributed by atoms with Gasteiger partial charge in [0.05, 0.1) is 12.0 Å². The van der Waals surface area contributed by atoms with Gasteiger partial charge in [0, 0.05) is 0 Å². The Labute approximate surface area is 92.7 Å². The van der Waals surface area contributed by atoms with Crippen LogP contribution in [0.15, 0.2) is 12.7 Å². The van der Waals surface area contributed by atoms with Crippen LogP contribution in [-0.2, 0) is 9.53 Å². The molecule has 86 valence electrons. The summed E-state index contributed by atoms with van der Waals surface area (Å²) in [6.45, 7) is 10.4. The van der Waals surface area contributed by atoms with Gasteiger partial charge in [0.2, 0.25) is 0 Å². The van der Waals surface area contributed by atoms with Crippen molar-refractivity contribution in [1.29, 1.82) is 0 Å². The van der Waals surface area contributed by atoms with Crippen molar-refractivity contribution in [2.45, 2.75) is 40.0 Å². The molecule has 2 nitrogen and oxygen atoms in total. The molecule has 0 unspecified atom stereocenters. The van der Waals surface area contributed by atoms with E-state index in [9.17, 15) is 4.79 Å². The van der Waals surface area contributed by atoms with Crippen molar-refractivity contribution in [3.63, 3.8) is 0 Å². The van der Waals surface area contributed by atoms with Gasteiger partial charge in [0.25, 0.3) is 0 Å². The van der Waals surface area contributed by atoms with Gasteiger partial charge < -0.3 is 4.74 Å². The third-order valence-corrected chi connectivity index (χ3v) is 3.93. The fourth-order valence-electron chi connectivity index (χ4n) is 2.89. The summed E-state index contributed by atoms with van der Waals surface area (Å²) in [5.41, 5.74) is -0.308. The minimum Gasteiger partial charge on any atom is -0.466 e. The molecule has 1 aliphatic rings. The Morgan fingerprint density at radius 3 is 2.40 bits per heavy atom. The van der Waals surface area contributed by atoms with Crippen molar-refractivity contribution in [3.05, 3.63) is 12.7 Å². The fraction of sp³-hybridized carbons (Fsp3) is 0.769. The van der Waals surface area contributed by atoms with Gasteiger partial charge in [0.1, 0.15) is 0 Å². The Morgan fingerprint density at radius 2 is 2.00 bits per heavy atom. The minimum absolute atomic E-state index is 0.0256. The Hall–Kier alpha value is -0.790. The van der Waals surface area contributed by atoms with E-state index in [1.54, 1.807) is 0 Å². The number of hydrogen-bond acceptors (Lipinski definition) is 2. The number of rotatable bonds is 4. The van der Waals surface area contributed by atoms with Gasteiger partial charge in [-0.05, 0) is 38.0 Å². The van der Waals surface area contributed by atoms with E-state index in [1.165, 1.54) is 0 Å². The number of ether oxygens (including phenoxy) is 1. The number of allylic oxidation sites excluding steroid dienone is 1. The molecule has 0 N–H and O–H groups in total. The van der Waals surface area contributed by atoms with Gasteiger partial charge >= 0.3 is 5.97 Å². The first-order valence-corrected chi connectivity index (χ1v) is 5.87. The van der Waals surface area contributed by atoms with Crippen LogP contribution in [0.25, 0.3) is 0 Å². The van der Waals surface area contributed by atoms with E-state index in [1.807, 2.05) is 13.0 Å². The zero-order valence-electron chi connectivity index (χ0n) is 10.1. The molecule has 1 rings (SSSR count). The molecule has 0 aliphatic heterocycles. The quantitative estimate of drug-likeness (QED) is 0.526. The summed E-state index contributed by atoms with van der Waals surface area (Å²) in [7, 11) is 0. The van der Waals surface area contributed by atoms with E-state index in [-0.39, 0.29) is 11.4 Å². The Morgan fingerprint density at radius 1 is 1.47 bits per heavy atom. The van der Waals surface area contributed by atoms with E-state index in [2.05, 4.69) is 20.4 Å². The smallest absolute Gasteiger partial charge is 0.312 e. The average Bonchev–Trinajstić information content (AvgIpc) is 2.47. The molecule has 0 saturated heterocycles. The van der Waals surface area contributed by atoms with Gasteiger partial charge in [-0.15, -0.1) is 6.58 Å². The first-order valence-electron chi connectivity index (χ1n) is 5.87. The second kappa shape index (κ2) is 4.82. The van der Waals surface area contributed by atoms with Crippen molar-refractivity contribution in [2.24, 2.45) is 17.3 Å². The molecular formula is C13H22O2. The predicted octanol–water partition coefficient (Wildman–Crippen LogP) is 3.18. The summed E-state index contributed by atoms with van der Waals surface area (Å²) in [4.78, 5) is 12.1. The first-order chi connectivity index (χ1) is 7.09. The first kappa shape index (κ1) is 12.3. The van der Waals surface area contributed by atoms with E-state index in [4.69, 9.17) is 4.74 Å². The van der Waals surface area contributed by atoms with E-state index < -0.39 is 0 Å². The zero-order valence-corrected chi connectivity index (χ0v) is 10.1. The molecule has 2 heteroatoms. The number of hydrogen-bond donors (Lipinski definition) is 0. The maximum Gasteiger partial charge on any atom is 0.312 e. The van der Waals surface area contributed by atoms with Crippen LogP contribution in [0.1, 0.15) is 40.0 Å². The van der Waals surface area contributed by atoms with Crippen molar-refractivity contribution in [1.82, 2.24) is 0 Å². The van der Waals surface area contributed by atoms with Crippen LogP contribution in [-0.4, -0.2) is 12.6 Å². The third-order valence-electron chi connectivity index (χ3n) is 3.93. The second-order valence-electron chi connectivity index (χ2n) is 4.63. The number of carbonyl (C=O) groups is 1. The number of carbonyl (C=O) groups excluding carboxylic acids is 1. The summed E-state index contributed by atoms with van der Waals surface area (Å²) in [5, 5.41) is 0. The van der Waals surface area contributed by atoms with Crippen LogP contribution in [0.4, 0.5) is 0 Å². The van der Waals surface area contributed by atoms with Gasteiger partial charge in [-0.25, -0.2) is 0 Å². The van der Waals surface area contributed by atoms with Gasteiger partial charge in [-0.3, -0.25) is 4.79 Å². The summed E-state index contributed by atoms with van der Waals surface area (Å²) >= 11 is 0. The van der Waals surface area contributed by atoms with Crippen LogP contribution in [0.3, 0.4) is 0 Å². The fourth-order valence-corrected chi connectivity index (χ4v) is 2.89. The lowest BCUT2D eigenvalue weighted by atomic mass is 9.71. The van der Waals surface area contributed by atoms with E-state index >= 15 is 0 Å². The van der Waals surface area contributed by atoms with E-state index in [0.29, 0.717) is 18.4 Å². The second-order valence-corrected chi connectivity index (χ2v) is 4.63. The minimum atomic E-state index is -0.308. The maximum atomic E-state index is 12.1. The SMILES string of the molecule is C=CCC1(C(=O)OCC)[C@H](C)CC[C@H]1C. The Bertz CT molecular complexity index is 235. The van der Waals surface area contributed by atoms with Crippen molar-refractivity contribution in [2.75, 3.05) is 6.61 Å². The van der Waals surface area contributed by atoms with Crippen molar-refractivity contribution < 1.29 is 9.53 Å². The number of esters is 1. The molecule has 0 aromatic carbocycles. The van der Waals surface area contributed by atoms with Crippen LogP contribution in [0.5, 0.6) is 0 Å². The van der Waals surface area contributed by atoms with Crippen LogP contribution in [0, 0.1) is 17.3 Å². The molecule has 0 bridgehead atoms. The summed E-state index contributed by atoms with van der Waals surface area (Å²) in [6, 6.07) is 0. The van der Waals surface area contributed by atoms with Crippen molar-refractivity contribution in [3.8, 4) is 0 Å². The van der Waals surface area contributed by atoms with Gasteiger partial charge in [-0.2, -0.15) is 0 Å². The molecule has 0 aromatic heterocycles. The molecule has 0 heterocycles. The molecule has 1 saturated carbocycles. The molecule has 0 spiro atoms. The summed E-state index contributed by atoms with van der Waals surface area (Å²) in [6.07, 6.45) is 4.84. The highest BCUT2D eigenvalue weighted by Crippen LogP contribution is 2.51. The molecule has 2 atom stereocenters. The molecule has 1 aliphatic carbocycles. The molecule has 0 amide bonds. The lowest BCUT2D eigenvalue weighted by Crippen LogP contribution is -2.39. The normalized spacial score (nSPS) is 28.7. The lowest BCUT2D eigenvalue weighted by Gasteiger charge is -2.34. The van der Waals surface area contributed by atoms with Crippen LogP contribution >= 0.6 is 0 Å². The molecule has 15 heavy (non-hydrogen) atoms. The highest BCUT2D eigenvalue weighted by molar-refractivity contribution is 5.78.